The van der Waals surface area contributed by atoms with Crippen molar-refractivity contribution >= 4 is 23.5 Å². The molecule has 0 heterocycles. The summed E-state index contributed by atoms with van der Waals surface area (Å²) in [6.07, 6.45) is -0.127. The van der Waals surface area contributed by atoms with Gasteiger partial charge < -0.3 is 9.47 Å². The number of esters is 2. The number of hydrogen-bond acceptors (Lipinski definition) is 6. The second-order valence-corrected chi connectivity index (χ2v) is 11.4. The summed E-state index contributed by atoms with van der Waals surface area (Å²) in [4.78, 5) is 51.5. The zero-order valence-corrected chi connectivity index (χ0v) is 22.5. The van der Waals surface area contributed by atoms with Crippen molar-refractivity contribution < 1.29 is 28.7 Å². The van der Waals surface area contributed by atoms with Gasteiger partial charge in [-0.3, -0.25) is 19.2 Å². The quantitative estimate of drug-likeness (QED) is 0.375. The molecule has 0 bridgehead atoms. The number of benzene rings is 2. The lowest BCUT2D eigenvalue weighted by Crippen LogP contribution is -2.28. The molecular formula is C30H36O6. The van der Waals surface area contributed by atoms with E-state index in [1.807, 2.05) is 27.7 Å². The van der Waals surface area contributed by atoms with Crippen LogP contribution in [0.1, 0.15) is 111 Å². The first-order chi connectivity index (χ1) is 16.6. The lowest BCUT2D eigenvalue weighted by atomic mass is 9.75. The average molecular weight is 493 g/mol. The summed E-state index contributed by atoms with van der Waals surface area (Å²) >= 11 is 0. The van der Waals surface area contributed by atoms with E-state index in [-0.39, 0.29) is 48.6 Å². The Morgan fingerprint density at radius 2 is 0.972 bits per heavy atom. The fourth-order valence-corrected chi connectivity index (χ4v) is 4.53. The summed E-state index contributed by atoms with van der Waals surface area (Å²) in [5.41, 5.74) is 1.72. The molecule has 2 aromatic rings. The van der Waals surface area contributed by atoms with Gasteiger partial charge in [-0.2, -0.15) is 0 Å². The maximum absolute atomic E-state index is 13.6. The van der Waals surface area contributed by atoms with Crippen LogP contribution in [0.15, 0.2) is 36.4 Å². The van der Waals surface area contributed by atoms with Crippen molar-refractivity contribution in [1.29, 1.82) is 0 Å². The van der Waals surface area contributed by atoms with E-state index in [9.17, 15) is 19.2 Å². The molecule has 0 aliphatic heterocycles. The fourth-order valence-electron chi connectivity index (χ4n) is 4.53. The van der Waals surface area contributed by atoms with Crippen molar-refractivity contribution in [3.63, 3.8) is 0 Å². The van der Waals surface area contributed by atoms with Crippen LogP contribution in [0.5, 0.6) is 0 Å². The molecule has 3 rings (SSSR count). The third-order valence-corrected chi connectivity index (χ3v) is 6.49. The molecule has 0 aromatic heterocycles. The van der Waals surface area contributed by atoms with Crippen LogP contribution in [-0.4, -0.2) is 35.7 Å². The summed E-state index contributed by atoms with van der Waals surface area (Å²) in [7, 11) is 0. The van der Waals surface area contributed by atoms with Gasteiger partial charge in [0.1, 0.15) is 0 Å². The van der Waals surface area contributed by atoms with Gasteiger partial charge in [0.05, 0.1) is 25.0 Å². The van der Waals surface area contributed by atoms with Crippen molar-refractivity contribution in [3.05, 3.63) is 69.8 Å². The number of ketones is 2. The number of hydrogen-bond donors (Lipinski definition) is 0. The molecule has 0 N–H and O–H groups in total. The number of ether oxygens (including phenoxy) is 2. The van der Waals surface area contributed by atoms with Gasteiger partial charge in [-0.1, -0.05) is 39.8 Å². The lowest BCUT2D eigenvalue weighted by Gasteiger charge is -2.28. The normalized spacial score (nSPS) is 13.5. The monoisotopic (exact) mass is 492 g/mol. The van der Waals surface area contributed by atoms with Crippen LogP contribution in [-0.2, 0) is 29.9 Å². The SMILES string of the molecule is CC(C)OC(=O)CC(C)(C)c1ccc2c(c1)C(=O)c1cc(C(C)(C)CC(=O)OC(C)C)ccc1C2=O. The molecule has 2 aromatic carbocycles. The topological polar surface area (TPSA) is 86.7 Å². The van der Waals surface area contributed by atoms with Crippen LogP contribution in [0.2, 0.25) is 0 Å². The standard InChI is InChI=1S/C30H36O6/c1-17(2)35-25(31)15-29(5,6)19-9-11-21-23(13-19)28(34)24-14-20(10-12-22(24)27(21)33)30(7,8)16-26(32)36-18(3)4/h9-14,17-18H,15-16H2,1-8H3. The van der Waals surface area contributed by atoms with Gasteiger partial charge in [0.25, 0.3) is 0 Å². The van der Waals surface area contributed by atoms with Crippen molar-refractivity contribution in [3.8, 4) is 0 Å². The summed E-state index contributed by atoms with van der Waals surface area (Å²) in [5.74, 6) is -1.09. The van der Waals surface area contributed by atoms with Gasteiger partial charge in [0.15, 0.2) is 11.6 Å². The van der Waals surface area contributed by atoms with Crippen molar-refractivity contribution in [1.82, 2.24) is 0 Å². The molecule has 0 radical (unpaired) electrons. The fraction of sp³-hybridized carbons (Fsp3) is 0.467. The Kier molecular flexibility index (Phi) is 7.58. The first kappa shape index (κ1) is 27.3. The van der Waals surface area contributed by atoms with Crippen molar-refractivity contribution in [2.24, 2.45) is 0 Å². The summed E-state index contributed by atoms with van der Waals surface area (Å²) < 4.78 is 10.6. The van der Waals surface area contributed by atoms with E-state index in [1.165, 1.54) is 0 Å². The van der Waals surface area contributed by atoms with Crippen LogP contribution in [0.4, 0.5) is 0 Å². The number of rotatable bonds is 8. The van der Waals surface area contributed by atoms with Gasteiger partial charge >= 0.3 is 11.9 Å². The number of fused-ring (bicyclic) bond motifs is 2. The first-order valence-electron chi connectivity index (χ1n) is 12.4. The molecule has 36 heavy (non-hydrogen) atoms. The maximum Gasteiger partial charge on any atom is 0.306 e. The highest BCUT2D eigenvalue weighted by molar-refractivity contribution is 6.28. The second-order valence-electron chi connectivity index (χ2n) is 11.4. The van der Waals surface area contributed by atoms with Crippen molar-refractivity contribution in [2.45, 2.75) is 91.3 Å². The summed E-state index contributed by atoms with van der Waals surface area (Å²) in [6, 6.07) is 10.4. The van der Waals surface area contributed by atoms with Gasteiger partial charge in [-0.15, -0.1) is 0 Å². The highest BCUT2D eigenvalue weighted by atomic mass is 16.5. The lowest BCUT2D eigenvalue weighted by molar-refractivity contribution is -0.149. The smallest absolute Gasteiger partial charge is 0.306 e. The van der Waals surface area contributed by atoms with E-state index >= 15 is 0 Å². The molecule has 6 heteroatoms. The van der Waals surface area contributed by atoms with E-state index < -0.39 is 10.8 Å². The molecule has 1 aliphatic rings. The Hall–Kier alpha value is -3.28. The molecular weight excluding hydrogens is 456 g/mol. The molecule has 6 nitrogen and oxygen atoms in total. The van der Waals surface area contributed by atoms with Crippen LogP contribution >= 0.6 is 0 Å². The Morgan fingerprint density at radius 1 is 0.639 bits per heavy atom. The number of carbonyl (C=O) groups excluding carboxylic acids is 4. The zero-order valence-electron chi connectivity index (χ0n) is 22.5. The minimum Gasteiger partial charge on any atom is -0.463 e. The van der Waals surface area contributed by atoms with Crippen LogP contribution in [0.3, 0.4) is 0 Å². The molecule has 0 amide bonds. The highest BCUT2D eigenvalue weighted by Crippen LogP contribution is 2.36. The van der Waals surface area contributed by atoms with Gasteiger partial charge in [-0.05, 0) is 63.1 Å². The molecule has 0 fully saturated rings. The molecule has 1 aliphatic carbocycles. The Balaban J connectivity index is 1.95. The van der Waals surface area contributed by atoms with Crippen LogP contribution in [0, 0.1) is 0 Å². The van der Waals surface area contributed by atoms with E-state index in [4.69, 9.17) is 9.47 Å². The average Bonchev–Trinajstić information content (AvgIpc) is 2.74. The Labute approximate surface area is 213 Å². The predicted octanol–water partition coefficient (Wildman–Crippen LogP) is 5.70. The third-order valence-electron chi connectivity index (χ3n) is 6.49. The van der Waals surface area contributed by atoms with Crippen LogP contribution < -0.4 is 0 Å². The Morgan fingerprint density at radius 3 is 1.31 bits per heavy atom. The molecule has 0 unspecified atom stereocenters. The minimum absolute atomic E-state index is 0.146. The minimum atomic E-state index is -0.592. The van der Waals surface area contributed by atoms with E-state index in [0.717, 1.165) is 11.1 Å². The second kappa shape index (κ2) is 10.00. The zero-order chi connectivity index (χ0) is 27.0. The molecule has 0 spiro atoms. The molecule has 192 valence electrons. The maximum atomic E-state index is 13.6. The third kappa shape index (κ3) is 5.75. The van der Waals surface area contributed by atoms with Gasteiger partial charge in [-0.25, -0.2) is 0 Å². The highest BCUT2D eigenvalue weighted by Gasteiger charge is 2.34. The van der Waals surface area contributed by atoms with Gasteiger partial charge in [0, 0.05) is 33.1 Å². The van der Waals surface area contributed by atoms with Crippen LogP contribution in [0.25, 0.3) is 0 Å². The predicted molar refractivity (Wildman–Crippen MR) is 137 cm³/mol. The first-order valence-corrected chi connectivity index (χ1v) is 12.4. The summed E-state index contributed by atoms with van der Waals surface area (Å²) in [5, 5.41) is 0. The molecule has 0 atom stereocenters. The molecule has 0 saturated carbocycles. The van der Waals surface area contributed by atoms with Gasteiger partial charge in [0.2, 0.25) is 0 Å². The van der Waals surface area contributed by atoms with Crippen molar-refractivity contribution in [2.75, 3.05) is 0 Å². The van der Waals surface area contributed by atoms with E-state index in [1.54, 1.807) is 64.1 Å². The largest absolute Gasteiger partial charge is 0.463 e. The van der Waals surface area contributed by atoms with E-state index in [0.29, 0.717) is 22.3 Å². The summed E-state index contributed by atoms with van der Waals surface area (Å²) in [6.45, 7) is 14.9. The van der Waals surface area contributed by atoms with E-state index in [2.05, 4.69) is 0 Å². The number of carbonyl (C=O) groups is 4. The molecule has 0 saturated heterocycles. The Bertz CT molecular complexity index is 1120.